The van der Waals surface area contributed by atoms with Gasteiger partial charge in [0.2, 0.25) is 0 Å². The minimum absolute atomic E-state index is 0.107. The minimum atomic E-state index is -0.385. The summed E-state index contributed by atoms with van der Waals surface area (Å²) in [5.74, 6) is -0.385. The molecule has 3 aromatic rings. The van der Waals surface area contributed by atoms with Crippen molar-refractivity contribution in [1.82, 2.24) is 14.8 Å². The summed E-state index contributed by atoms with van der Waals surface area (Å²) in [7, 11) is 0. The first kappa shape index (κ1) is 23.2. The van der Waals surface area contributed by atoms with Crippen molar-refractivity contribution < 1.29 is 9.53 Å². The molecule has 0 bridgehead atoms. The third-order valence-electron chi connectivity index (χ3n) is 5.91. The Morgan fingerprint density at radius 1 is 1.09 bits per heavy atom. The van der Waals surface area contributed by atoms with Crippen LogP contribution in [0.1, 0.15) is 33.1 Å². The number of nitrogens with zero attached hydrogens (tertiary/aromatic N) is 2. The number of ether oxygens (including phenoxy) is 1. The highest BCUT2D eigenvalue weighted by Gasteiger charge is 2.25. The Morgan fingerprint density at radius 3 is 2.64 bits per heavy atom. The number of carbonyl (C=O) groups is 1. The van der Waals surface area contributed by atoms with Crippen molar-refractivity contribution in [3.63, 3.8) is 0 Å². The van der Waals surface area contributed by atoms with E-state index in [9.17, 15) is 9.59 Å². The molecule has 0 saturated carbocycles. The van der Waals surface area contributed by atoms with Crippen LogP contribution in [0.3, 0.4) is 0 Å². The fraction of sp³-hybridized carbons (Fsp3) is 0.308. The first-order valence-corrected chi connectivity index (χ1v) is 11.5. The predicted octanol–water partition coefficient (Wildman–Crippen LogP) is 3.66. The van der Waals surface area contributed by atoms with E-state index in [4.69, 9.17) is 16.3 Å². The number of aromatic nitrogens is 1. The molecule has 7 heteroatoms. The average Bonchev–Trinajstić information content (AvgIpc) is 2.82. The summed E-state index contributed by atoms with van der Waals surface area (Å²) in [6.07, 6.45) is 1.71. The Hall–Kier alpha value is -2.93. The fourth-order valence-electron chi connectivity index (χ4n) is 4.20. The van der Waals surface area contributed by atoms with Crippen LogP contribution in [0.4, 0.5) is 0 Å². The topological polar surface area (TPSA) is 63.6 Å². The van der Waals surface area contributed by atoms with Gasteiger partial charge in [-0.05, 0) is 36.2 Å². The Kier molecular flexibility index (Phi) is 7.60. The van der Waals surface area contributed by atoms with E-state index in [2.05, 4.69) is 10.2 Å². The SMILES string of the molecule is Cc1cccc(Cn2cccc(C(=O)NCC(c3ccccc3Cl)N3CCOCC3)c2=O)c1. The number of amides is 1. The molecule has 0 spiro atoms. The minimum Gasteiger partial charge on any atom is -0.379 e. The predicted molar refractivity (Wildman–Crippen MR) is 130 cm³/mol. The highest BCUT2D eigenvalue weighted by Crippen LogP contribution is 2.27. The molecular formula is C26H28ClN3O3. The van der Waals surface area contributed by atoms with E-state index in [1.165, 1.54) is 0 Å². The van der Waals surface area contributed by atoms with Gasteiger partial charge in [-0.2, -0.15) is 0 Å². The molecule has 1 amide bonds. The van der Waals surface area contributed by atoms with Crippen LogP contribution < -0.4 is 10.9 Å². The number of carbonyl (C=O) groups excluding carboxylic acids is 1. The van der Waals surface area contributed by atoms with Gasteiger partial charge in [-0.1, -0.05) is 59.6 Å². The van der Waals surface area contributed by atoms with Crippen molar-refractivity contribution in [2.75, 3.05) is 32.8 Å². The zero-order chi connectivity index (χ0) is 23.2. The number of morpholine rings is 1. The van der Waals surface area contributed by atoms with Crippen molar-refractivity contribution >= 4 is 17.5 Å². The molecule has 1 aliphatic heterocycles. The van der Waals surface area contributed by atoms with Gasteiger partial charge in [0.15, 0.2) is 0 Å². The molecule has 1 saturated heterocycles. The second-order valence-corrected chi connectivity index (χ2v) is 8.65. The molecule has 6 nitrogen and oxygen atoms in total. The summed E-state index contributed by atoms with van der Waals surface area (Å²) in [5, 5.41) is 3.63. The maximum Gasteiger partial charge on any atom is 0.263 e. The van der Waals surface area contributed by atoms with Crippen LogP contribution in [0.2, 0.25) is 5.02 Å². The summed E-state index contributed by atoms with van der Waals surface area (Å²) >= 11 is 6.48. The summed E-state index contributed by atoms with van der Waals surface area (Å²) in [4.78, 5) is 28.3. The highest BCUT2D eigenvalue weighted by molar-refractivity contribution is 6.31. The van der Waals surface area contributed by atoms with Crippen LogP contribution in [-0.2, 0) is 11.3 Å². The summed E-state index contributed by atoms with van der Waals surface area (Å²) < 4.78 is 7.06. The van der Waals surface area contributed by atoms with Crippen LogP contribution in [-0.4, -0.2) is 48.2 Å². The van der Waals surface area contributed by atoms with Crippen molar-refractivity contribution in [1.29, 1.82) is 0 Å². The van der Waals surface area contributed by atoms with Gasteiger partial charge in [-0.25, -0.2) is 0 Å². The average molecular weight is 466 g/mol. The monoisotopic (exact) mass is 465 g/mol. The molecule has 2 heterocycles. The molecule has 1 unspecified atom stereocenters. The van der Waals surface area contributed by atoms with Gasteiger partial charge >= 0.3 is 0 Å². The van der Waals surface area contributed by atoms with Crippen molar-refractivity contribution in [2.24, 2.45) is 0 Å². The molecule has 1 N–H and O–H groups in total. The number of hydrogen-bond donors (Lipinski definition) is 1. The van der Waals surface area contributed by atoms with E-state index in [1.54, 1.807) is 22.9 Å². The number of rotatable bonds is 7. The lowest BCUT2D eigenvalue weighted by Crippen LogP contribution is -2.44. The summed E-state index contributed by atoms with van der Waals surface area (Å²) in [6.45, 7) is 5.54. The molecule has 1 atom stereocenters. The molecule has 2 aromatic carbocycles. The summed E-state index contributed by atoms with van der Waals surface area (Å²) in [6, 6.07) is 18.9. The Bertz CT molecular complexity index is 1170. The lowest BCUT2D eigenvalue weighted by Gasteiger charge is -2.35. The van der Waals surface area contributed by atoms with Crippen LogP contribution in [0.15, 0.2) is 71.7 Å². The second-order valence-electron chi connectivity index (χ2n) is 8.24. The quantitative estimate of drug-likeness (QED) is 0.578. The molecule has 172 valence electrons. The smallest absolute Gasteiger partial charge is 0.263 e. The van der Waals surface area contributed by atoms with E-state index in [-0.39, 0.29) is 23.1 Å². The van der Waals surface area contributed by atoms with E-state index >= 15 is 0 Å². The standard InChI is InChI=1S/C26H28ClN3O3/c1-19-6-4-7-20(16-19)18-30-11-5-9-22(26(30)32)25(31)28-17-24(29-12-14-33-15-13-29)21-8-2-3-10-23(21)27/h2-11,16,24H,12-15,17-18H2,1H3,(H,28,31). The molecule has 0 aliphatic carbocycles. The zero-order valence-electron chi connectivity index (χ0n) is 18.7. The molecule has 33 heavy (non-hydrogen) atoms. The van der Waals surface area contributed by atoms with Gasteiger partial charge in [0.25, 0.3) is 11.5 Å². The van der Waals surface area contributed by atoms with Gasteiger partial charge in [0, 0.05) is 30.9 Å². The third kappa shape index (κ3) is 5.71. The number of hydrogen-bond acceptors (Lipinski definition) is 4. The van der Waals surface area contributed by atoms with Gasteiger partial charge < -0.3 is 14.6 Å². The molecule has 1 fully saturated rings. The Balaban J connectivity index is 1.52. The van der Waals surface area contributed by atoms with Crippen molar-refractivity contribution in [2.45, 2.75) is 19.5 Å². The van der Waals surface area contributed by atoms with E-state index < -0.39 is 0 Å². The Morgan fingerprint density at radius 2 is 1.88 bits per heavy atom. The second kappa shape index (κ2) is 10.8. The molecule has 1 aromatic heterocycles. The fourth-order valence-corrected chi connectivity index (χ4v) is 4.46. The van der Waals surface area contributed by atoms with E-state index in [0.29, 0.717) is 31.3 Å². The molecule has 1 aliphatic rings. The number of benzene rings is 2. The normalized spacial score (nSPS) is 15.2. The lowest BCUT2D eigenvalue weighted by molar-refractivity contribution is 0.0162. The first-order valence-electron chi connectivity index (χ1n) is 11.1. The van der Waals surface area contributed by atoms with Crippen LogP contribution >= 0.6 is 11.6 Å². The maximum absolute atomic E-state index is 13.0. The number of nitrogens with one attached hydrogen (secondary N) is 1. The zero-order valence-corrected chi connectivity index (χ0v) is 19.4. The van der Waals surface area contributed by atoms with Gasteiger partial charge in [0.1, 0.15) is 5.56 Å². The molecule has 0 radical (unpaired) electrons. The van der Waals surface area contributed by atoms with Crippen LogP contribution in [0.5, 0.6) is 0 Å². The van der Waals surface area contributed by atoms with Crippen LogP contribution in [0.25, 0.3) is 0 Å². The van der Waals surface area contributed by atoms with Gasteiger partial charge in [-0.15, -0.1) is 0 Å². The summed E-state index contributed by atoms with van der Waals surface area (Å²) in [5.41, 5.74) is 2.91. The Labute approximate surface area is 198 Å². The maximum atomic E-state index is 13.0. The van der Waals surface area contributed by atoms with Crippen molar-refractivity contribution in [3.8, 4) is 0 Å². The number of halogens is 1. The highest BCUT2D eigenvalue weighted by atomic mass is 35.5. The number of aryl methyl sites for hydroxylation is 1. The van der Waals surface area contributed by atoms with Gasteiger partial charge in [0.05, 0.1) is 25.8 Å². The van der Waals surface area contributed by atoms with Crippen molar-refractivity contribution in [3.05, 3.63) is 104 Å². The lowest BCUT2D eigenvalue weighted by atomic mass is 10.0. The first-order chi connectivity index (χ1) is 16.0. The number of pyridine rings is 1. The largest absolute Gasteiger partial charge is 0.379 e. The molecular weight excluding hydrogens is 438 g/mol. The van der Waals surface area contributed by atoms with E-state index in [1.807, 2.05) is 55.5 Å². The van der Waals surface area contributed by atoms with E-state index in [0.717, 1.165) is 29.8 Å². The third-order valence-corrected chi connectivity index (χ3v) is 6.25. The molecule has 4 rings (SSSR count). The van der Waals surface area contributed by atoms with Gasteiger partial charge in [-0.3, -0.25) is 14.5 Å². The van der Waals surface area contributed by atoms with Crippen LogP contribution in [0, 0.1) is 6.92 Å².